The highest BCUT2D eigenvalue weighted by Gasteiger charge is 2.53. The smallest absolute Gasteiger partial charge is 0.236 e. The minimum Gasteiger partial charge on any atom is -0.470 e. The summed E-state index contributed by atoms with van der Waals surface area (Å²) in [6.45, 7) is 2.18. The predicted molar refractivity (Wildman–Crippen MR) is 100.0 cm³/mol. The van der Waals surface area contributed by atoms with E-state index in [9.17, 15) is 0 Å². The van der Waals surface area contributed by atoms with Gasteiger partial charge in [0.1, 0.15) is 12.4 Å². The molecule has 10 nitrogen and oxygen atoms in total. The van der Waals surface area contributed by atoms with Crippen molar-refractivity contribution >= 4 is 5.65 Å². The fourth-order valence-electron chi connectivity index (χ4n) is 4.81. The maximum absolute atomic E-state index is 6.21. The molecule has 3 fully saturated rings. The first kappa shape index (κ1) is 16.6. The Hall–Kier alpha value is -3.30. The van der Waals surface area contributed by atoms with E-state index in [0.717, 1.165) is 17.2 Å². The summed E-state index contributed by atoms with van der Waals surface area (Å²) in [5, 5.41) is 25.4. The monoisotopic (exact) mass is 392 g/mol. The van der Waals surface area contributed by atoms with Crippen LogP contribution in [0.4, 0.5) is 0 Å². The fourth-order valence-corrected chi connectivity index (χ4v) is 4.81. The van der Waals surface area contributed by atoms with Crippen molar-refractivity contribution in [1.29, 1.82) is 0 Å². The van der Waals surface area contributed by atoms with Crippen molar-refractivity contribution in [2.45, 2.75) is 44.6 Å². The molecule has 10 heteroatoms. The van der Waals surface area contributed by atoms with Crippen LogP contribution in [-0.2, 0) is 19.1 Å². The number of aromatic nitrogens is 8. The lowest BCUT2D eigenvalue weighted by atomic mass is 9.66. The van der Waals surface area contributed by atoms with E-state index in [-0.39, 0.29) is 5.41 Å². The molecule has 0 aliphatic heterocycles. The summed E-state index contributed by atoms with van der Waals surface area (Å²) in [7, 11) is 1.85. The average Bonchev–Trinajstić information content (AvgIpc) is 3.48. The zero-order valence-electron chi connectivity index (χ0n) is 16.2. The summed E-state index contributed by atoms with van der Waals surface area (Å²) >= 11 is 0. The third-order valence-electron chi connectivity index (χ3n) is 6.34. The summed E-state index contributed by atoms with van der Waals surface area (Å²) in [4.78, 5) is 0. The van der Waals surface area contributed by atoms with Gasteiger partial charge in [0.15, 0.2) is 11.3 Å². The van der Waals surface area contributed by atoms with Crippen molar-refractivity contribution in [2.75, 3.05) is 0 Å². The van der Waals surface area contributed by atoms with Gasteiger partial charge in [-0.3, -0.25) is 0 Å². The Morgan fingerprint density at radius 2 is 2.17 bits per heavy atom. The van der Waals surface area contributed by atoms with Gasteiger partial charge in [0.25, 0.3) is 0 Å². The van der Waals surface area contributed by atoms with Gasteiger partial charge in [-0.15, -0.1) is 20.4 Å². The second-order valence-electron chi connectivity index (χ2n) is 8.21. The van der Waals surface area contributed by atoms with Gasteiger partial charge in [0, 0.05) is 24.1 Å². The number of aryl methyl sites for hydroxylation is 2. The summed E-state index contributed by atoms with van der Waals surface area (Å²) in [6, 6.07) is 3.90. The summed E-state index contributed by atoms with van der Waals surface area (Å²) < 4.78 is 14.8. The van der Waals surface area contributed by atoms with Gasteiger partial charge >= 0.3 is 0 Å². The normalized spacial score (nSPS) is 22.9. The number of ether oxygens (including phenoxy) is 1. The maximum atomic E-state index is 6.21. The van der Waals surface area contributed by atoms with Crippen LogP contribution in [0, 0.1) is 12.8 Å². The van der Waals surface area contributed by atoms with E-state index in [1.165, 1.54) is 25.7 Å². The molecule has 0 aromatic carbocycles. The van der Waals surface area contributed by atoms with Crippen molar-refractivity contribution in [3.63, 3.8) is 0 Å². The number of hydrogen-bond acceptors (Lipinski definition) is 8. The minimum atomic E-state index is 0.149. The lowest BCUT2D eigenvalue weighted by Crippen LogP contribution is -2.33. The maximum Gasteiger partial charge on any atom is 0.236 e. The zero-order valence-corrected chi connectivity index (χ0v) is 16.2. The molecule has 0 amide bonds. The van der Waals surface area contributed by atoms with Gasteiger partial charge in [0.05, 0.1) is 11.9 Å². The van der Waals surface area contributed by atoms with E-state index < -0.39 is 0 Å². The Labute approximate surface area is 165 Å². The Balaban J connectivity index is 1.45. The average molecular weight is 392 g/mol. The first-order chi connectivity index (χ1) is 14.1. The first-order valence-electron chi connectivity index (χ1n) is 9.78. The van der Waals surface area contributed by atoms with Crippen LogP contribution in [0.25, 0.3) is 17.2 Å². The van der Waals surface area contributed by atoms with Crippen molar-refractivity contribution in [2.24, 2.45) is 13.0 Å². The SMILES string of the molecule is Cc1cc(-c2nnc3cc(C45CCC(C4)C5)c(OCc4cnnn4C)nn23)no1. The Morgan fingerprint density at radius 3 is 2.86 bits per heavy atom. The molecular weight excluding hydrogens is 372 g/mol. The van der Waals surface area contributed by atoms with Crippen LogP contribution in [0.3, 0.4) is 0 Å². The highest BCUT2D eigenvalue weighted by molar-refractivity contribution is 5.57. The summed E-state index contributed by atoms with van der Waals surface area (Å²) in [6.07, 6.45) is 6.53. The molecule has 4 aromatic rings. The number of rotatable bonds is 5. The van der Waals surface area contributed by atoms with Crippen molar-refractivity contribution < 1.29 is 9.26 Å². The highest BCUT2D eigenvalue weighted by Crippen LogP contribution is 2.61. The molecular formula is C19H20N8O2. The van der Waals surface area contributed by atoms with Crippen LogP contribution in [0.15, 0.2) is 22.9 Å². The minimum absolute atomic E-state index is 0.149. The van der Waals surface area contributed by atoms with Gasteiger partial charge in [-0.05, 0) is 44.6 Å². The number of nitrogens with zero attached hydrogens (tertiary/aromatic N) is 8. The molecule has 0 spiro atoms. The third kappa shape index (κ3) is 2.48. The Morgan fingerprint density at radius 1 is 1.28 bits per heavy atom. The van der Waals surface area contributed by atoms with Crippen molar-refractivity contribution in [1.82, 2.24) is 40.0 Å². The third-order valence-corrected chi connectivity index (χ3v) is 6.34. The summed E-state index contributed by atoms with van der Waals surface area (Å²) in [5.74, 6) is 2.68. The van der Waals surface area contributed by atoms with E-state index >= 15 is 0 Å². The standard InChI is InChI=1S/C19H20N8O2/c1-11-5-15(24-29-11)17-22-21-16-6-14(19-4-3-12(7-19)8-19)18(23-27(16)17)28-10-13-9-20-25-26(13)2/h5-6,9,12H,3-4,7-8,10H2,1-2H3. The first-order valence-corrected chi connectivity index (χ1v) is 9.78. The lowest BCUT2D eigenvalue weighted by Gasteiger charge is -2.39. The molecule has 2 bridgehead atoms. The van der Waals surface area contributed by atoms with Crippen molar-refractivity contribution in [3.8, 4) is 17.4 Å². The van der Waals surface area contributed by atoms with Gasteiger partial charge in [-0.1, -0.05) is 10.4 Å². The second kappa shape index (κ2) is 5.85. The highest BCUT2D eigenvalue weighted by atomic mass is 16.5. The van der Waals surface area contributed by atoms with Gasteiger partial charge in [-0.25, -0.2) is 4.68 Å². The molecule has 0 atom stereocenters. The number of fused-ring (bicyclic) bond motifs is 2. The molecule has 3 aliphatic rings. The molecule has 4 heterocycles. The van der Waals surface area contributed by atoms with Crippen LogP contribution >= 0.6 is 0 Å². The quantitative estimate of drug-likeness (QED) is 0.509. The molecule has 7 rings (SSSR count). The zero-order chi connectivity index (χ0) is 19.6. The van der Waals surface area contributed by atoms with Crippen LogP contribution in [0.1, 0.15) is 42.7 Å². The molecule has 3 aliphatic carbocycles. The van der Waals surface area contributed by atoms with E-state index in [1.807, 2.05) is 20.0 Å². The molecule has 0 unspecified atom stereocenters. The Bertz CT molecular complexity index is 1210. The topological polar surface area (TPSA) is 109 Å². The molecule has 148 valence electrons. The number of hydrogen-bond donors (Lipinski definition) is 0. The van der Waals surface area contributed by atoms with E-state index in [2.05, 4.69) is 31.7 Å². The van der Waals surface area contributed by atoms with Gasteiger partial charge in [-0.2, -0.15) is 4.52 Å². The van der Waals surface area contributed by atoms with Crippen LogP contribution < -0.4 is 4.74 Å². The largest absolute Gasteiger partial charge is 0.470 e. The Kier molecular flexibility index (Phi) is 3.36. The van der Waals surface area contributed by atoms with Crippen LogP contribution in [0.5, 0.6) is 5.88 Å². The van der Waals surface area contributed by atoms with E-state index in [4.69, 9.17) is 14.4 Å². The second-order valence-corrected chi connectivity index (χ2v) is 8.21. The predicted octanol–water partition coefficient (Wildman–Crippen LogP) is 2.24. The van der Waals surface area contributed by atoms with E-state index in [1.54, 1.807) is 15.4 Å². The van der Waals surface area contributed by atoms with Crippen LogP contribution in [-0.4, -0.2) is 40.0 Å². The van der Waals surface area contributed by atoms with Gasteiger partial charge in [0.2, 0.25) is 11.7 Å². The van der Waals surface area contributed by atoms with Crippen LogP contribution in [0.2, 0.25) is 0 Å². The molecule has 0 radical (unpaired) electrons. The lowest BCUT2D eigenvalue weighted by molar-refractivity contribution is 0.218. The van der Waals surface area contributed by atoms with Crippen molar-refractivity contribution in [3.05, 3.63) is 35.3 Å². The van der Waals surface area contributed by atoms with E-state index in [0.29, 0.717) is 35.4 Å². The fraction of sp³-hybridized carbons (Fsp3) is 0.474. The van der Waals surface area contributed by atoms with Gasteiger partial charge < -0.3 is 9.26 Å². The molecule has 29 heavy (non-hydrogen) atoms. The molecule has 0 N–H and O–H groups in total. The molecule has 4 aromatic heterocycles. The molecule has 3 saturated carbocycles. The summed E-state index contributed by atoms with van der Waals surface area (Å²) in [5.41, 5.74) is 3.44. The molecule has 0 saturated heterocycles.